The standard InChI is InChI=1S/C12H15Br2NO2/c1-8(7-17-3)15(2)12(16)10-5-4-9(13)6-11(10)14/h4-6,8H,7H2,1-3H3. The van der Waals surface area contributed by atoms with Crippen LogP contribution in [0.5, 0.6) is 0 Å². The van der Waals surface area contributed by atoms with E-state index in [1.165, 1.54) is 0 Å². The number of rotatable bonds is 4. The van der Waals surface area contributed by atoms with Gasteiger partial charge in [-0.25, -0.2) is 0 Å². The minimum atomic E-state index is -0.0195. The molecule has 0 aliphatic heterocycles. The summed E-state index contributed by atoms with van der Waals surface area (Å²) in [7, 11) is 3.41. The summed E-state index contributed by atoms with van der Waals surface area (Å²) in [6, 6.07) is 5.56. The lowest BCUT2D eigenvalue weighted by molar-refractivity contribution is 0.0632. The molecule has 1 aromatic rings. The van der Waals surface area contributed by atoms with Crippen LogP contribution >= 0.6 is 31.9 Å². The molecule has 0 aromatic heterocycles. The van der Waals surface area contributed by atoms with Crippen molar-refractivity contribution in [3.8, 4) is 0 Å². The Labute approximate surface area is 118 Å². The fraction of sp³-hybridized carbons (Fsp3) is 0.417. The van der Waals surface area contributed by atoms with E-state index in [1.54, 1.807) is 25.1 Å². The molecule has 1 atom stereocenters. The number of ether oxygens (including phenoxy) is 1. The van der Waals surface area contributed by atoms with E-state index in [4.69, 9.17) is 4.74 Å². The second kappa shape index (κ2) is 6.52. The van der Waals surface area contributed by atoms with E-state index in [2.05, 4.69) is 31.9 Å². The SMILES string of the molecule is COCC(C)N(C)C(=O)c1ccc(Br)cc1Br. The van der Waals surface area contributed by atoms with Crippen LogP contribution in [0.2, 0.25) is 0 Å². The highest BCUT2D eigenvalue weighted by Crippen LogP contribution is 2.23. The van der Waals surface area contributed by atoms with Gasteiger partial charge in [0.05, 0.1) is 18.2 Å². The summed E-state index contributed by atoms with van der Waals surface area (Å²) < 4.78 is 6.77. The van der Waals surface area contributed by atoms with Crippen LogP contribution in [0.15, 0.2) is 27.1 Å². The summed E-state index contributed by atoms with van der Waals surface area (Å²) in [6.45, 7) is 2.48. The molecule has 0 N–H and O–H groups in total. The molecule has 0 heterocycles. The lowest BCUT2D eigenvalue weighted by atomic mass is 10.2. The zero-order chi connectivity index (χ0) is 13.0. The summed E-state index contributed by atoms with van der Waals surface area (Å²) in [5, 5.41) is 0. The van der Waals surface area contributed by atoms with Crippen molar-refractivity contribution in [2.24, 2.45) is 0 Å². The van der Waals surface area contributed by atoms with Gasteiger partial charge in [-0.3, -0.25) is 4.79 Å². The summed E-state index contributed by atoms with van der Waals surface area (Å²) in [5.74, 6) is -0.0195. The van der Waals surface area contributed by atoms with Crippen molar-refractivity contribution in [2.75, 3.05) is 20.8 Å². The minimum absolute atomic E-state index is 0.0195. The first-order valence-electron chi connectivity index (χ1n) is 5.18. The highest BCUT2D eigenvalue weighted by molar-refractivity contribution is 9.11. The van der Waals surface area contributed by atoms with E-state index in [1.807, 2.05) is 19.1 Å². The van der Waals surface area contributed by atoms with Crippen LogP contribution < -0.4 is 0 Å². The summed E-state index contributed by atoms with van der Waals surface area (Å²) in [5.41, 5.74) is 0.652. The highest BCUT2D eigenvalue weighted by Gasteiger charge is 2.19. The van der Waals surface area contributed by atoms with Crippen LogP contribution in [0.1, 0.15) is 17.3 Å². The van der Waals surface area contributed by atoms with Gasteiger partial charge in [-0.1, -0.05) is 15.9 Å². The van der Waals surface area contributed by atoms with Crippen molar-refractivity contribution in [1.82, 2.24) is 4.90 Å². The number of carbonyl (C=O) groups excluding carboxylic acids is 1. The van der Waals surface area contributed by atoms with Crippen LogP contribution in [-0.4, -0.2) is 37.6 Å². The fourth-order valence-electron chi connectivity index (χ4n) is 1.41. The maximum atomic E-state index is 12.2. The first kappa shape index (κ1) is 14.7. The lowest BCUT2D eigenvalue weighted by Gasteiger charge is -2.24. The molecule has 0 bridgehead atoms. The molecule has 3 nitrogen and oxygen atoms in total. The largest absolute Gasteiger partial charge is 0.383 e. The van der Waals surface area contributed by atoms with E-state index in [0.29, 0.717) is 12.2 Å². The number of amides is 1. The molecule has 0 saturated carbocycles. The van der Waals surface area contributed by atoms with E-state index >= 15 is 0 Å². The van der Waals surface area contributed by atoms with Crippen molar-refractivity contribution in [2.45, 2.75) is 13.0 Å². The molecule has 0 saturated heterocycles. The average molecular weight is 365 g/mol. The van der Waals surface area contributed by atoms with Gasteiger partial charge in [0.25, 0.3) is 5.91 Å². The molecule has 94 valence electrons. The Morgan fingerprint density at radius 1 is 1.47 bits per heavy atom. The van der Waals surface area contributed by atoms with Crippen molar-refractivity contribution in [1.29, 1.82) is 0 Å². The maximum Gasteiger partial charge on any atom is 0.255 e. The molecule has 0 spiro atoms. The van der Waals surface area contributed by atoms with Crippen molar-refractivity contribution in [3.63, 3.8) is 0 Å². The summed E-state index contributed by atoms with van der Waals surface area (Å²) >= 11 is 6.76. The zero-order valence-electron chi connectivity index (χ0n) is 10.0. The number of nitrogens with zero attached hydrogens (tertiary/aromatic N) is 1. The van der Waals surface area contributed by atoms with E-state index in [9.17, 15) is 4.79 Å². The van der Waals surface area contributed by atoms with Gasteiger partial charge < -0.3 is 9.64 Å². The molecule has 1 aromatic carbocycles. The predicted octanol–water partition coefficient (Wildman–Crippen LogP) is 3.32. The Morgan fingerprint density at radius 3 is 2.65 bits per heavy atom. The Kier molecular flexibility index (Phi) is 5.62. The van der Waals surface area contributed by atoms with Gasteiger partial charge in [-0.05, 0) is 41.1 Å². The lowest BCUT2D eigenvalue weighted by Crippen LogP contribution is -2.37. The molecule has 0 fully saturated rings. The molecule has 17 heavy (non-hydrogen) atoms. The quantitative estimate of drug-likeness (QED) is 0.820. The van der Waals surface area contributed by atoms with Gasteiger partial charge in [-0.15, -0.1) is 0 Å². The first-order chi connectivity index (χ1) is 7.97. The van der Waals surface area contributed by atoms with Gasteiger partial charge in [-0.2, -0.15) is 0 Å². The van der Waals surface area contributed by atoms with Gasteiger partial charge in [0, 0.05) is 23.1 Å². The number of hydrogen-bond donors (Lipinski definition) is 0. The minimum Gasteiger partial charge on any atom is -0.383 e. The van der Waals surface area contributed by atoms with E-state index < -0.39 is 0 Å². The van der Waals surface area contributed by atoms with Crippen LogP contribution in [0, 0.1) is 0 Å². The molecule has 5 heteroatoms. The first-order valence-corrected chi connectivity index (χ1v) is 6.77. The number of methoxy groups -OCH3 is 1. The number of likely N-dealkylation sites (N-methyl/N-ethyl adjacent to an activating group) is 1. The molecule has 1 unspecified atom stereocenters. The van der Waals surface area contributed by atoms with Crippen molar-refractivity contribution >= 4 is 37.8 Å². The number of halogens is 2. The Balaban J connectivity index is 2.88. The van der Waals surface area contributed by atoms with Crippen LogP contribution in [0.25, 0.3) is 0 Å². The molecule has 0 aliphatic carbocycles. The topological polar surface area (TPSA) is 29.5 Å². The number of benzene rings is 1. The van der Waals surface area contributed by atoms with E-state index in [-0.39, 0.29) is 11.9 Å². The Hall–Kier alpha value is -0.390. The van der Waals surface area contributed by atoms with Gasteiger partial charge in [0.1, 0.15) is 0 Å². The number of hydrogen-bond acceptors (Lipinski definition) is 2. The van der Waals surface area contributed by atoms with Crippen LogP contribution in [0.3, 0.4) is 0 Å². The Morgan fingerprint density at radius 2 is 2.12 bits per heavy atom. The summed E-state index contributed by atoms with van der Waals surface area (Å²) in [6.07, 6.45) is 0. The van der Waals surface area contributed by atoms with E-state index in [0.717, 1.165) is 8.95 Å². The van der Waals surface area contributed by atoms with Crippen LogP contribution in [0.4, 0.5) is 0 Å². The second-order valence-corrected chi connectivity index (χ2v) is 5.61. The third-order valence-electron chi connectivity index (χ3n) is 2.55. The molecular formula is C12H15Br2NO2. The normalized spacial score (nSPS) is 12.3. The molecule has 1 rings (SSSR count). The molecule has 0 aliphatic rings. The number of carbonyl (C=O) groups is 1. The molecular weight excluding hydrogens is 350 g/mol. The van der Waals surface area contributed by atoms with Gasteiger partial charge in [0.2, 0.25) is 0 Å². The maximum absolute atomic E-state index is 12.2. The van der Waals surface area contributed by atoms with Crippen LogP contribution in [-0.2, 0) is 4.74 Å². The van der Waals surface area contributed by atoms with Crippen molar-refractivity contribution in [3.05, 3.63) is 32.7 Å². The van der Waals surface area contributed by atoms with Gasteiger partial charge in [0.15, 0.2) is 0 Å². The molecule has 1 amide bonds. The fourth-order valence-corrected chi connectivity index (χ4v) is 2.62. The average Bonchev–Trinajstić information content (AvgIpc) is 2.27. The highest BCUT2D eigenvalue weighted by atomic mass is 79.9. The monoisotopic (exact) mass is 363 g/mol. The van der Waals surface area contributed by atoms with Gasteiger partial charge >= 0.3 is 0 Å². The predicted molar refractivity (Wildman–Crippen MR) is 75.3 cm³/mol. The third kappa shape index (κ3) is 3.79. The second-order valence-electron chi connectivity index (χ2n) is 3.84. The third-order valence-corrected chi connectivity index (χ3v) is 3.70. The van der Waals surface area contributed by atoms with Crippen molar-refractivity contribution < 1.29 is 9.53 Å². The smallest absolute Gasteiger partial charge is 0.255 e. The Bertz CT molecular complexity index is 409. The summed E-state index contributed by atoms with van der Waals surface area (Å²) in [4.78, 5) is 13.9. The molecule has 0 radical (unpaired) electrons. The zero-order valence-corrected chi connectivity index (χ0v) is 13.2.